The van der Waals surface area contributed by atoms with Gasteiger partial charge in [-0.3, -0.25) is 4.79 Å². The standard InChI is InChI=1S/C25H29NO4/c1-2-22(15-9-10-16-29-18-21-13-7-4-8-14-21)24(27)26-23(19-30-25(26)28)17-20-11-5-3-6-12-20/h3-14,22-23H,2,15-19H2,1H3/t22-,23?/m1/s1. The van der Waals surface area contributed by atoms with E-state index in [9.17, 15) is 9.59 Å². The van der Waals surface area contributed by atoms with E-state index < -0.39 is 6.09 Å². The monoisotopic (exact) mass is 407 g/mol. The largest absolute Gasteiger partial charge is 0.447 e. The molecule has 2 aromatic carbocycles. The average molecular weight is 408 g/mol. The van der Waals surface area contributed by atoms with Crippen molar-refractivity contribution < 1.29 is 19.1 Å². The molecule has 1 aliphatic heterocycles. The number of hydrogen-bond donors (Lipinski definition) is 0. The lowest BCUT2D eigenvalue weighted by atomic mass is 9.98. The first-order valence-corrected chi connectivity index (χ1v) is 10.5. The number of ether oxygens (including phenoxy) is 2. The van der Waals surface area contributed by atoms with Gasteiger partial charge in [0.25, 0.3) is 0 Å². The molecule has 2 aromatic rings. The maximum atomic E-state index is 13.1. The van der Waals surface area contributed by atoms with E-state index in [-0.39, 0.29) is 24.5 Å². The molecule has 1 saturated heterocycles. The Morgan fingerprint density at radius 3 is 2.43 bits per heavy atom. The molecule has 3 rings (SSSR count). The molecule has 0 spiro atoms. The molecule has 0 aromatic heterocycles. The van der Waals surface area contributed by atoms with Crippen LogP contribution in [0.1, 0.15) is 30.9 Å². The Morgan fingerprint density at radius 2 is 1.77 bits per heavy atom. The lowest BCUT2D eigenvalue weighted by Gasteiger charge is -2.23. The van der Waals surface area contributed by atoms with Crippen molar-refractivity contribution in [1.82, 2.24) is 4.90 Å². The highest BCUT2D eigenvalue weighted by Gasteiger charge is 2.39. The maximum Gasteiger partial charge on any atom is 0.416 e. The lowest BCUT2D eigenvalue weighted by Crippen LogP contribution is -2.43. The summed E-state index contributed by atoms with van der Waals surface area (Å²) in [5, 5.41) is 0. The van der Waals surface area contributed by atoms with Crippen LogP contribution in [0.2, 0.25) is 0 Å². The van der Waals surface area contributed by atoms with Crippen molar-refractivity contribution in [3.05, 3.63) is 83.9 Å². The number of imide groups is 1. The van der Waals surface area contributed by atoms with Crippen molar-refractivity contribution in [3.8, 4) is 0 Å². The van der Waals surface area contributed by atoms with Crippen LogP contribution in [0.4, 0.5) is 4.79 Å². The number of nitrogens with zero attached hydrogens (tertiary/aromatic N) is 1. The number of hydrogen-bond acceptors (Lipinski definition) is 4. The molecule has 5 nitrogen and oxygen atoms in total. The topological polar surface area (TPSA) is 55.8 Å². The fourth-order valence-corrected chi connectivity index (χ4v) is 3.55. The van der Waals surface area contributed by atoms with Crippen molar-refractivity contribution in [2.45, 2.75) is 38.8 Å². The van der Waals surface area contributed by atoms with Crippen molar-refractivity contribution in [3.63, 3.8) is 0 Å². The summed E-state index contributed by atoms with van der Waals surface area (Å²) in [5.41, 5.74) is 2.21. The molecule has 0 radical (unpaired) electrons. The van der Waals surface area contributed by atoms with Crippen molar-refractivity contribution >= 4 is 12.0 Å². The van der Waals surface area contributed by atoms with Crippen LogP contribution < -0.4 is 0 Å². The molecule has 2 amide bonds. The van der Waals surface area contributed by atoms with Crippen molar-refractivity contribution in [2.75, 3.05) is 13.2 Å². The predicted octanol–water partition coefficient (Wildman–Crippen LogP) is 4.77. The van der Waals surface area contributed by atoms with Gasteiger partial charge in [-0.2, -0.15) is 0 Å². The predicted molar refractivity (Wildman–Crippen MR) is 116 cm³/mol. The van der Waals surface area contributed by atoms with Gasteiger partial charge >= 0.3 is 6.09 Å². The SMILES string of the molecule is CC[C@H](CC=CCOCc1ccccc1)C(=O)N1C(=O)OCC1Cc1ccccc1. The Hall–Kier alpha value is -2.92. The quantitative estimate of drug-likeness (QED) is 0.421. The summed E-state index contributed by atoms with van der Waals surface area (Å²) < 4.78 is 10.8. The molecular weight excluding hydrogens is 378 g/mol. The molecule has 1 heterocycles. The molecule has 0 aliphatic carbocycles. The molecule has 1 fully saturated rings. The van der Waals surface area contributed by atoms with E-state index in [1.807, 2.05) is 79.7 Å². The van der Waals surface area contributed by atoms with Gasteiger partial charge in [0.1, 0.15) is 6.61 Å². The van der Waals surface area contributed by atoms with Crippen molar-refractivity contribution in [2.24, 2.45) is 5.92 Å². The molecular formula is C25H29NO4. The fraction of sp³-hybridized carbons (Fsp3) is 0.360. The van der Waals surface area contributed by atoms with Crippen LogP contribution in [0.25, 0.3) is 0 Å². The Labute approximate surface area is 178 Å². The van der Waals surface area contributed by atoms with E-state index in [1.54, 1.807) is 0 Å². The van der Waals surface area contributed by atoms with E-state index >= 15 is 0 Å². The summed E-state index contributed by atoms with van der Waals surface area (Å²) >= 11 is 0. The number of amides is 2. The highest BCUT2D eigenvalue weighted by Crippen LogP contribution is 2.23. The molecule has 2 atom stereocenters. The van der Waals surface area contributed by atoms with Gasteiger partial charge in [-0.05, 0) is 30.4 Å². The Balaban J connectivity index is 1.50. The Morgan fingerprint density at radius 1 is 1.10 bits per heavy atom. The zero-order valence-electron chi connectivity index (χ0n) is 17.4. The Kier molecular flexibility index (Phi) is 8.21. The minimum Gasteiger partial charge on any atom is -0.447 e. The molecule has 0 saturated carbocycles. The molecule has 0 N–H and O–H groups in total. The average Bonchev–Trinajstić information content (AvgIpc) is 3.14. The number of carbonyl (C=O) groups is 2. The highest BCUT2D eigenvalue weighted by molar-refractivity contribution is 5.94. The number of allylic oxidation sites excluding steroid dienone is 1. The van der Waals surface area contributed by atoms with E-state index in [1.165, 1.54) is 4.90 Å². The zero-order valence-corrected chi connectivity index (χ0v) is 17.4. The first-order chi connectivity index (χ1) is 14.7. The van der Waals surface area contributed by atoms with Crippen LogP contribution in [0.3, 0.4) is 0 Å². The summed E-state index contributed by atoms with van der Waals surface area (Å²) in [5.74, 6) is -0.407. The highest BCUT2D eigenvalue weighted by atomic mass is 16.6. The van der Waals surface area contributed by atoms with Gasteiger partial charge in [-0.25, -0.2) is 9.69 Å². The fourth-order valence-electron chi connectivity index (χ4n) is 3.55. The van der Waals surface area contributed by atoms with E-state index in [2.05, 4.69) is 0 Å². The van der Waals surface area contributed by atoms with Gasteiger partial charge in [-0.15, -0.1) is 0 Å². The van der Waals surface area contributed by atoms with E-state index in [4.69, 9.17) is 9.47 Å². The summed E-state index contributed by atoms with van der Waals surface area (Å²) in [6, 6.07) is 19.6. The lowest BCUT2D eigenvalue weighted by molar-refractivity contribution is -0.133. The summed E-state index contributed by atoms with van der Waals surface area (Å²) in [4.78, 5) is 26.6. The van der Waals surface area contributed by atoms with Gasteiger partial charge in [-0.1, -0.05) is 79.7 Å². The summed E-state index contributed by atoms with van der Waals surface area (Å²) in [7, 11) is 0. The smallest absolute Gasteiger partial charge is 0.416 e. The van der Waals surface area contributed by atoms with Gasteiger partial charge in [0.05, 0.1) is 19.3 Å². The van der Waals surface area contributed by atoms with E-state index in [0.717, 1.165) is 11.1 Å². The molecule has 0 bridgehead atoms. The number of benzene rings is 2. The van der Waals surface area contributed by atoms with Crippen LogP contribution in [-0.4, -0.2) is 36.2 Å². The van der Waals surface area contributed by atoms with Crippen molar-refractivity contribution in [1.29, 1.82) is 0 Å². The van der Waals surface area contributed by atoms with Gasteiger partial charge in [0.15, 0.2) is 0 Å². The second kappa shape index (κ2) is 11.3. The second-order valence-electron chi connectivity index (χ2n) is 7.44. The number of carbonyl (C=O) groups excluding carboxylic acids is 2. The normalized spacial score (nSPS) is 17.3. The third-order valence-corrected chi connectivity index (χ3v) is 5.27. The minimum atomic E-state index is -0.533. The van der Waals surface area contributed by atoms with Gasteiger partial charge < -0.3 is 9.47 Å². The molecule has 158 valence electrons. The van der Waals surface area contributed by atoms with Gasteiger partial charge in [0.2, 0.25) is 5.91 Å². The summed E-state index contributed by atoms with van der Waals surface area (Å²) in [6.07, 6.45) is 5.21. The third-order valence-electron chi connectivity index (χ3n) is 5.27. The minimum absolute atomic E-state index is 0.157. The summed E-state index contributed by atoms with van der Waals surface area (Å²) in [6.45, 7) is 3.26. The van der Waals surface area contributed by atoms with Gasteiger partial charge in [0, 0.05) is 5.92 Å². The van der Waals surface area contributed by atoms with Crippen LogP contribution in [0, 0.1) is 5.92 Å². The van der Waals surface area contributed by atoms with Crippen LogP contribution in [-0.2, 0) is 27.3 Å². The molecule has 1 unspecified atom stereocenters. The number of cyclic esters (lactones) is 1. The first kappa shape index (κ1) is 21.8. The second-order valence-corrected chi connectivity index (χ2v) is 7.44. The molecule has 30 heavy (non-hydrogen) atoms. The van der Waals surface area contributed by atoms with Crippen LogP contribution >= 0.6 is 0 Å². The molecule has 1 aliphatic rings. The zero-order chi connectivity index (χ0) is 21.2. The van der Waals surface area contributed by atoms with Crippen LogP contribution in [0.5, 0.6) is 0 Å². The maximum absolute atomic E-state index is 13.1. The number of rotatable bonds is 10. The van der Waals surface area contributed by atoms with Crippen LogP contribution in [0.15, 0.2) is 72.8 Å². The van der Waals surface area contributed by atoms with E-state index in [0.29, 0.717) is 32.5 Å². The molecule has 5 heteroatoms. The third kappa shape index (κ3) is 6.04. The first-order valence-electron chi connectivity index (χ1n) is 10.5. The Bertz CT molecular complexity index is 835.